The van der Waals surface area contributed by atoms with Crippen LogP contribution in [0.15, 0.2) is 60.9 Å². The maximum atomic E-state index is 13.7. The third-order valence-electron chi connectivity index (χ3n) is 7.88. The number of imide groups is 1. The van der Waals surface area contributed by atoms with Crippen LogP contribution >= 0.6 is 23.4 Å². The molecule has 0 bridgehead atoms. The van der Waals surface area contributed by atoms with Crippen LogP contribution in [0.4, 0.5) is 16.2 Å². The number of amides is 3. The highest BCUT2D eigenvalue weighted by Gasteiger charge is 2.54. The number of carbonyl (C=O) groups is 2. The number of urea groups is 1. The Morgan fingerprint density at radius 2 is 1.85 bits per heavy atom. The second-order valence-electron chi connectivity index (χ2n) is 10.6. The molecule has 4 aliphatic heterocycles. The molecular weight excluding hydrogens is 558 g/mol. The number of hydrogen-bond donors (Lipinski definition) is 1. The Morgan fingerprint density at radius 3 is 2.59 bits per heavy atom. The highest BCUT2D eigenvalue weighted by molar-refractivity contribution is 8.09. The van der Waals surface area contributed by atoms with E-state index in [4.69, 9.17) is 11.6 Å². The molecule has 3 saturated heterocycles. The lowest BCUT2D eigenvalue weighted by Gasteiger charge is -2.60. The number of carbonyl (C=O) groups excluding carboxylic acids is 2. The maximum Gasteiger partial charge on any atom is 0.329 e. The fourth-order valence-corrected chi connectivity index (χ4v) is 8.51. The number of pyridine rings is 1. The van der Waals surface area contributed by atoms with E-state index in [0.717, 1.165) is 40.0 Å². The van der Waals surface area contributed by atoms with Gasteiger partial charge in [-0.3, -0.25) is 9.78 Å². The summed E-state index contributed by atoms with van der Waals surface area (Å²) in [6, 6.07) is 12.4. The summed E-state index contributed by atoms with van der Waals surface area (Å²) in [4.78, 5) is 35.6. The van der Waals surface area contributed by atoms with Gasteiger partial charge in [0.25, 0.3) is 5.91 Å². The third kappa shape index (κ3) is 4.02. The number of nitrogens with one attached hydrogen (secondary N) is 1. The van der Waals surface area contributed by atoms with E-state index >= 15 is 0 Å². The van der Waals surface area contributed by atoms with Gasteiger partial charge in [0.1, 0.15) is 5.25 Å². The first-order chi connectivity index (χ1) is 18.6. The van der Waals surface area contributed by atoms with Crippen molar-refractivity contribution in [2.75, 3.05) is 42.2 Å². The Balaban J connectivity index is 1.15. The molecule has 7 rings (SSSR count). The highest BCUT2D eigenvalue weighted by Crippen LogP contribution is 2.46. The van der Waals surface area contributed by atoms with Gasteiger partial charge in [-0.2, -0.15) is 0 Å². The minimum Gasteiger partial charge on any atom is -0.370 e. The zero-order valence-corrected chi connectivity index (χ0v) is 23.3. The molecule has 1 aromatic heterocycles. The predicted molar refractivity (Wildman–Crippen MR) is 153 cm³/mol. The molecular formula is C27H24ClN5O4S2. The Labute approximate surface area is 234 Å². The molecule has 39 heavy (non-hydrogen) atoms. The second-order valence-corrected chi connectivity index (χ2v) is 14.2. The van der Waals surface area contributed by atoms with Gasteiger partial charge in [-0.25, -0.2) is 22.4 Å². The Bertz CT molecular complexity index is 1700. The van der Waals surface area contributed by atoms with Gasteiger partial charge < -0.3 is 10.2 Å². The third-order valence-corrected chi connectivity index (χ3v) is 10.8. The fraction of sp³-hybridized carbons (Fsp3) is 0.296. The van der Waals surface area contributed by atoms with E-state index in [1.807, 2.05) is 42.5 Å². The zero-order chi connectivity index (χ0) is 27.1. The second kappa shape index (κ2) is 8.69. The average molecular weight is 582 g/mol. The molecule has 3 fully saturated rings. The van der Waals surface area contributed by atoms with Crippen molar-refractivity contribution < 1.29 is 18.0 Å². The molecule has 0 aliphatic carbocycles. The summed E-state index contributed by atoms with van der Waals surface area (Å²) in [6.07, 6.45) is 6.41. The topological polar surface area (TPSA) is 103 Å². The minimum atomic E-state index is -3.16. The van der Waals surface area contributed by atoms with E-state index in [9.17, 15) is 18.0 Å². The molecule has 2 atom stereocenters. The van der Waals surface area contributed by atoms with Crippen LogP contribution in [0, 0.1) is 5.41 Å². The van der Waals surface area contributed by atoms with E-state index in [1.54, 1.807) is 18.5 Å². The molecule has 9 nitrogen and oxygen atoms in total. The van der Waals surface area contributed by atoms with Crippen LogP contribution in [0.1, 0.15) is 5.56 Å². The SMILES string of the molecule is CS(=O)(=O)N1CC2(CN(c3ccc4cncc(N5C(=O)NC6C=C(c7ccccc7Cl)SC6C5=O)c4c3)C2)C1. The fourth-order valence-electron chi connectivity index (χ4n) is 5.89. The van der Waals surface area contributed by atoms with Crippen molar-refractivity contribution in [3.05, 3.63) is 71.5 Å². The van der Waals surface area contributed by atoms with Gasteiger partial charge in [0.15, 0.2) is 0 Å². The van der Waals surface area contributed by atoms with Gasteiger partial charge in [0.05, 0.1) is 24.2 Å². The summed E-state index contributed by atoms with van der Waals surface area (Å²) < 4.78 is 25.1. The lowest BCUT2D eigenvalue weighted by atomic mass is 9.74. The first-order valence-electron chi connectivity index (χ1n) is 12.5. The number of anilines is 2. The van der Waals surface area contributed by atoms with Crippen molar-refractivity contribution in [2.24, 2.45) is 5.41 Å². The summed E-state index contributed by atoms with van der Waals surface area (Å²) in [6.45, 7) is 2.59. The summed E-state index contributed by atoms with van der Waals surface area (Å²) in [5, 5.41) is 4.62. The summed E-state index contributed by atoms with van der Waals surface area (Å²) >= 11 is 7.80. The highest BCUT2D eigenvalue weighted by atomic mass is 35.5. The molecule has 1 N–H and O–H groups in total. The minimum absolute atomic E-state index is 0.0110. The van der Waals surface area contributed by atoms with E-state index in [-0.39, 0.29) is 11.3 Å². The van der Waals surface area contributed by atoms with Gasteiger partial charge in [0, 0.05) is 69.7 Å². The van der Waals surface area contributed by atoms with Gasteiger partial charge >= 0.3 is 6.03 Å². The van der Waals surface area contributed by atoms with Crippen LogP contribution in [0.3, 0.4) is 0 Å². The number of rotatable bonds is 4. The lowest BCUT2D eigenvalue weighted by molar-refractivity contribution is -0.118. The number of nitrogens with zero attached hydrogens (tertiary/aromatic N) is 4. The Hall–Kier alpha value is -3.12. The van der Waals surface area contributed by atoms with Gasteiger partial charge in [0.2, 0.25) is 10.0 Å². The molecule has 0 radical (unpaired) electrons. The molecule has 200 valence electrons. The van der Waals surface area contributed by atoms with Crippen LogP contribution in [-0.2, 0) is 14.8 Å². The van der Waals surface area contributed by atoms with Crippen LogP contribution in [0.5, 0.6) is 0 Å². The van der Waals surface area contributed by atoms with Gasteiger partial charge in [-0.15, -0.1) is 11.8 Å². The van der Waals surface area contributed by atoms with Crippen LogP contribution in [-0.4, -0.2) is 73.4 Å². The van der Waals surface area contributed by atoms with E-state index in [2.05, 4.69) is 15.2 Å². The van der Waals surface area contributed by atoms with Crippen molar-refractivity contribution in [2.45, 2.75) is 11.3 Å². The number of fused-ring (bicyclic) bond motifs is 2. The van der Waals surface area contributed by atoms with Crippen LogP contribution < -0.4 is 15.1 Å². The van der Waals surface area contributed by atoms with Crippen molar-refractivity contribution in [1.82, 2.24) is 14.6 Å². The molecule has 2 unspecified atom stereocenters. The standard InChI is InChI=1S/C27H24ClN5O4S2/c1-39(36,37)32-14-27(15-32)12-31(13-27)17-7-6-16-10-29-11-22(19(16)8-17)33-25(34)24-21(30-26(33)35)9-23(38-24)18-4-2-3-5-20(18)28/h2-11,21,24H,12-15H2,1H3,(H,30,35). The monoisotopic (exact) mass is 581 g/mol. The Morgan fingerprint density at radius 1 is 1.08 bits per heavy atom. The molecule has 3 aromatic rings. The van der Waals surface area contributed by atoms with E-state index in [1.165, 1.54) is 27.2 Å². The smallest absolute Gasteiger partial charge is 0.329 e. The van der Waals surface area contributed by atoms with Crippen LogP contribution in [0.25, 0.3) is 15.7 Å². The van der Waals surface area contributed by atoms with Gasteiger partial charge in [-0.05, 0) is 24.3 Å². The van der Waals surface area contributed by atoms with Crippen LogP contribution in [0.2, 0.25) is 5.02 Å². The number of halogens is 1. The molecule has 0 saturated carbocycles. The number of benzene rings is 2. The first kappa shape index (κ1) is 24.9. The summed E-state index contributed by atoms with van der Waals surface area (Å²) in [5.41, 5.74) is 2.22. The lowest BCUT2D eigenvalue weighted by Crippen LogP contribution is -2.72. The molecule has 5 heterocycles. The van der Waals surface area contributed by atoms with Crippen molar-refractivity contribution in [3.63, 3.8) is 0 Å². The average Bonchev–Trinajstić information content (AvgIpc) is 3.26. The zero-order valence-electron chi connectivity index (χ0n) is 20.9. The quantitative estimate of drug-likeness (QED) is 0.503. The predicted octanol–water partition coefficient (Wildman–Crippen LogP) is 3.55. The maximum absolute atomic E-state index is 13.7. The number of sulfonamides is 1. The molecule has 2 aromatic carbocycles. The molecule has 12 heteroatoms. The molecule has 3 amide bonds. The van der Waals surface area contributed by atoms with E-state index < -0.39 is 27.3 Å². The molecule has 1 spiro atoms. The summed E-state index contributed by atoms with van der Waals surface area (Å²) in [7, 11) is -3.16. The normalized spacial score (nSPS) is 24.3. The van der Waals surface area contributed by atoms with Crippen molar-refractivity contribution in [3.8, 4) is 0 Å². The number of aromatic nitrogens is 1. The number of hydrogen-bond acceptors (Lipinski definition) is 7. The van der Waals surface area contributed by atoms with Crippen molar-refractivity contribution in [1.29, 1.82) is 0 Å². The van der Waals surface area contributed by atoms with Gasteiger partial charge in [-0.1, -0.05) is 35.9 Å². The van der Waals surface area contributed by atoms with Crippen molar-refractivity contribution >= 4 is 72.4 Å². The first-order valence-corrected chi connectivity index (χ1v) is 15.6. The summed E-state index contributed by atoms with van der Waals surface area (Å²) in [5.74, 6) is -0.301. The largest absolute Gasteiger partial charge is 0.370 e. The Kier molecular flexibility index (Phi) is 5.55. The number of thioether (sulfide) groups is 1. The molecule has 4 aliphatic rings. The van der Waals surface area contributed by atoms with E-state index in [0.29, 0.717) is 23.8 Å².